The molecule has 8 heteroatoms. The number of aromatic carboxylic acids is 1. The summed E-state index contributed by atoms with van der Waals surface area (Å²) >= 11 is 0. The van der Waals surface area contributed by atoms with Gasteiger partial charge in [-0.05, 0) is 64.6 Å². The number of carboxylic acid groups (broad SMARTS) is 1. The van der Waals surface area contributed by atoms with Crippen LogP contribution in [-0.4, -0.2) is 34.5 Å². The zero-order chi connectivity index (χ0) is 29.8. The summed E-state index contributed by atoms with van der Waals surface area (Å²) in [6, 6.07) is 27.2. The average molecular weight is 561 g/mol. The molecule has 1 amide bonds. The van der Waals surface area contributed by atoms with Crippen molar-refractivity contribution in [2.75, 3.05) is 7.11 Å². The van der Waals surface area contributed by atoms with E-state index in [2.05, 4.69) is 28.2 Å². The van der Waals surface area contributed by atoms with E-state index in [0.717, 1.165) is 27.6 Å². The molecular weight excluding hydrogens is 528 g/mol. The Kier molecular flexibility index (Phi) is 8.06. The molecule has 1 aromatic heterocycles. The molecule has 0 fully saturated rings. The van der Waals surface area contributed by atoms with Crippen molar-refractivity contribution in [1.82, 2.24) is 9.88 Å². The molecule has 5 N–H and O–H groups in total. The maximum atomic E-state index is 12.6. The molecule has 0 atom stereocenters. The van der Waals surface area contributed by atoms with Gasteiger partial charge in [0.2, 0.25) is 5.91 Å². The number of methoxy groups -OCH3 is 1. The minimum absolute atomic E-state index is 0.0106. The SMILES string of the molecule is COc1ccc(-c2ccccc2Cn2cc(Cc3ccccc3)c3cc(C(=N)N)ccc32)c(C(=O)O)c1CNC(C)=O. The van der Waals surface area contributed by atoms with Crippen LogP contribution in [0.4, 0.5) is 0 Å². The van der Waals surface area contributed by atoms with Crippen molar-refractivity contribution in [3.63, 3.8) is 0 Å². The number of fused-ring (bicyclic) bond motifs is 1. The van der Waals surface area contributed by atoms with Crippen LogP contribution in [0.2, 0.25) is 0 Å². The van der Waals surface area contributed by atoms with E-state index in [1.54, 1.807) is 12.1 Å². The Morgan fingerprint density at radius 2 is 1.69 bits per heavy atom. The van der Waals surface area contributed by atoms with Crippen molar-refractivity contribution in [3.05, 3.63) is 125 Å². The highest BCUT2D eigenvalue weighted by molar-refractivity contribution is 6.00. The van der Waals surface area contributed by atoms with Gasteiger partial charge in [-0.3, -0.25) is 10.2 Å². The smallest absolute Gasteiger partial charge is 0.336 e. The van der Waals surface area contributed by atoms with Crippen molar-refractivity contribution >= 4 is 28.6 Å². The maximum Gasteiger partial charge on any atom is 0.336 e. The summed E-state index contributed by atoms with van der Waals surface area (Å²) in [5.74, 6) is -0.965. The zero-order valence-corrected chi connectivity index (χ0v) is 23.5. The first kappa shape index (κ1) is 28.2. The maximum absolute atomic E-state index is 12.6. The quantitative estimate of drug-likeness (QED) is 0.131. The monoisotopic (exact) mass is 560 g/mol. The standard InChI is InChI=1S/C34H32N4O4/c1-21(39)37-18-29-31(42-2)15-13-27(32(29)34(40)41)26-11-7-6-10-24(26)19-38-20-25(16-22-8-4-3-5-9-22)28-17-23(33(35)36)12-14-30(28)38/h3-15,17,20H,16,18-19H2,1-2H3,(H3,35,36)(H,37,39)(H,40,41). The van der Waals surface area contributed by atoms with Crippen molar-refractivity contribution in [2.45, 2.75) is 26.4 Å². The van der Waals surface area contributed by atoms with Gasteiger partial charge < -0.3 is 25.5 Å². The van der Waals surface area contributed by atoms with E-state index in [1.807, 2.05) is 60.7 Å². The fourth-order valence-corrected chi connectivity index (χ4v) is 5.41. The Hall–Kier alpha value is -5.37. The first-order valence-corrected chi connectivity index (χ1v) is 13.5. The van der Waals surface area contributed by atoms with E-state index in [1.165, 1.54) is 19.6 Å². The minimum atomic E-state index is -1.10. The molecule has 0 aliphatic heterocycles. The number of nitrogens with one attached hydrogen (secondary N) is 2. The van der Waals surface area contributed by atoms with Gasteiger partial charge >= 0.3 is 5.97 Å². The van der Waals surface area contributed by atoms with Crippen LogP contribution >= 0.6 is 0 Å². The van der Waals surface area contributed by atoms with Crippen LogP contribution < -0.4 is 15.8 Å². The number of aromatic nitrogens is 1. The molecule has 0 saturated heterocycles. The number of nitrogens with zero attached hydrogens (tertiary/aromatic N) is 1. The van der Waals surface area contributed by atoms with Crippen LogP contribution in [0, 0.1) is 5.41 Å². The Balaban J connectivity index is 1.63. The third kappa shape index (κ3) is 5.74. The molecule has 0 saturated carbocycles. The van der Waals surface area contributed by atoms with Crippen LogP contribution in [0.25, 0.3) is 22.0 Å². The lowest BCUT2D eigenvalue weighted by molar-refractivity contribution is -0.119. The number of amidine groups is 1. The van der Waals surface area contributed by atoms with Crippen molar-refractivity contribution in [3.8, 4) is 16.9 Å². The average Bonchev–Trinajstić information content (AvgIpc) is 3.32. The van der Waals surface area contributed by atoms with Crippen LogP contribution in [0.15, 0.2) is 91.1 Å². The number of carbonyl (C=O) groups is 2. The van der Waals surface area contributed by atoms with Gasteiger partial charge in [0.25, 0.3) is 0 Å². The third-order valence-electron chi connectivity index (χ3n) is 7.38. The summed E-state index contributed by atoms with van der Waals surface area (Å²) in [7, 11) is 1.48. The molecule has 1 heterocycles. The molecule has 0 aliphatic carbocycles. The molecule has 8 nitrogen and oxygen atoms in total. The van der Waals surface area contributed by atoms with Crippen LogP contribution in [-0.2, 0) is 24.3 Å². The molecule has 5 aromatic rings. The Morgan fingerprint density at radius 1 is 0.952 bits per heavy atom. The van der Waals surface area contributed by atoms with E-state index in [9.17, 15) is 14.7 Å². The molecule has 0 radical (unpaired) electrons. The van der Waals surface area contributed by atoms with E-state index < -0.39 is 5.97 Å². The first-order chi connectivity index (χ1) is 20.3. The number of nitrogens with two attached hydrogens (primary N) is 1. The number of hydrogen-bond donors (Lipinski definition) is 4. The topological polar surface area (TPSA) is 130 Å². The van der Waals surface area contributed by atoms with Crippen molar-refractivity contribution < 1.29 is 19.4 Å². The number of benzene rings is 4. The van der Waals surface area contributed by atoms with Gasteiger partial charge in [0.05, 0.1) is 12.7 Å². The lowest BCUT2D eigenvalue weighted by atomic mass is 9.91. The lowest BCUT2D eigenvalue weighted by Gasteiger charge is -2.18. The third-order valence-corrected chi connectivity index (χ3v) is 7.38. The van der Waals surface area contributed by atoms with E-state index in [-0.39, 0.29) is 23.9 Å². The predicted octanol–water partition coefficient (Wildman–Crippen LogP) is 5.57. The summed E-state index contributed by atoms with van der Waals surface area (Å²) in [6.07, 6.45) is 2.83. The van der Waals surface area contributed by atoms with E-state index >= 15 is 0 Å². The van der Waals surface area contributed by atoms with Crippen molar-refractivity contribution in [1.29, 1.82) is 5.41 Å². The summed E-state index contributed by atoms with van der Waals surface area (Å²) in [4.78, 5) is 24.3. The molecule has 0 bridgehead atoms. The predicted molar refractivity (Wildman–Crippen MR) is 164 cm³/mol. The number of carboxylic acids is 1. The van der Waals surface area contributed by atoms with Gasteiger partial charge in [0, 0.05) is 48.2 Å². The number of rotatable bonds is 10. The van der Waals surface area contributed by atoms with Gasteiger partial charge in [-0.15, -0.1) is 0 Å². The van der Waals surface area contributed by atoms with Gasteiger partial charge in [-0.25, -0.2) is 4.79 Å². The molecule has 42 heavy (non-hydrogen) atoms. The van der Waals surface area contributed by atoms with E-state index in [0.29, 0.717) is 35.4 Å². The number of ether oxygens (including phenoxy) is 1. The molecule has 0 spiro atoms. The van der Waals surface area contributed by atoms with Crippen LogP contribution in [0.3, 0.4) is 0 Å². The second-order valence-electron chi connectivity index (χ2n) is 10.1. The summed E-state index contributed by atoms with van der Waals surface area (Å²) in [5.41, 5.74) is 12.5. The van der Waals surface area contributed by atoms with Crippen molar-refractivity contribution in [2.24, 2.45) is 5.73 Å². The number of hydrogen-bond acceptors (Lipinski definition) is 4. The highest BCUT2D eigenvalue weighted by atomic mass is 16.5. The van der Waals surface area contributed by atoms with Gasteiger partial charge in [-0.1, -0.05) is 54.6 Å². The Labute approximate surface area is 243 Å². The number of carbonyl (C=O) groups excluding carboxylic acids is 1. The Bertz CT molecular complexity index is 1810. The first-order valence-electron chi connectivity index (χ1n) is 13.5. The Morgan fingerprint density at radius 3 is 2.38 bits per heavy atom. The molecule has 0 aliphatic rings. The molecule has 212 valence electrons. The van der Waals surface area contributed by atoms with E-state index in [4.69, 9.17) is 15.9 Å². The largest absolute Gasteiger partial charge is 0.496 e. The molecule has 4 aromatic carbocycles. The minimum Gasteiger partial charge on any atom is -0.496 e. The van der Waals surface area contributed by atoms with Crippen LogP contribution in [0.1, 0.15) is 45.1 Å². The molecular formula is C34H32N4O4. The van der Waals surface area contributed by atoms with Gasteiger partial charge in [0.1, 0.15) is 11.6 Å². The van der Waals surface area contributed by atoms with Gasteiger partial charge in [-0.2, -0.15) is 0 Å². The number of nitrogen functional groups attached to an aromatic ring is 1. The van der Waals surface area contributed by atoms with Crippen LogP contribution in [0.5, 0.6) is 5.75 Å². The van der Waals surface area contributed by atoms with Gasteiger partial charge in [0.15, 0.2) is 0 Å². The summed E-state index contributed by atoms with van der Waals surface area (Å²) < 4.78 is 7.62. The second kappa shape index (κ2) is 12.0. The molecule has 0 unspecified atom stereocenters. The summed E-state index contributed by atoms with van der Waals surface area (Å²) in [6.45, 7) is 1.89. The fraction of sp³-hybridized carbons (Fsp3) is 0.147. The number of amides is 1. The highest BCUT2D eigenvalue weighted by Gasteiger charge is 2.23. The normalized spacial score (nSPS) is 10.9. The highest BCUT2D eigenvalue weighted by Crippen LogP contribution is 2.35. The lowest BCUT2D eigenvalue weighted by Crippen LogP contribution is -2.21. The zero-order valence-electron chi connectivity index (χ0n) is 23.5. The molecule has 5 rings (SSSR count). The fourth-order valence-electron chi connectivity index (χ4n) is 5.41. The second-order valence-corrected chi connectivity index (χ2v) is 10.1. The summed E-state index contributed by atoms with van der Waals surface area (Å²) in [5, 5.41) is 22.0.